The molecule has 0 radical (unpaired) electrons. The summed E-state index contributed by atoms with van der Waals surface area (Å²) in [7, 11) is 0. The molecule has 1 aliphatic heterocycles. The number of nitrogens with one attached hydrogen (secondary N) is 2. The highest BCUT2D eigenvalue weighted by Crippen LogP contribution is 2.30. The molecular weight excluding hydrogens is 472 g/mol. The Kier molecular flexibility index (Phi) is 8.31. The first kappa shape index (κ1) is 25.5. The Morgan fingerprint density at radius 1 is 0.947 bits per heavy atom. The molecule has 0 spiro atoms. The zero-order valence-electron chi connectivity index (χ0n) is 21.8. The summed E-state index contributed by atoms with van der Waals surface area (Å²) in [6.45, 7) is 5.34. The first-order valence-electron chi connectivity index (χ1n) is 13.2. The van der Waals surface area contributed by atoms with Crippen LogP contribution in [-0.4, -0.2) is 28.5 Å². The van der Waals surface area contributed by atoms with Gasteiger partial charge in [0.2, 0.25) is 0 Å². The molecule has 5 rings (SSSR count). The molecule has 1 fully saturated rings. The minimum Gasteiger partial charge on any atom is -0.489 e. The SMILES string of the molecule is CC1CCCN1Cc1ccccc1-c1ccccc1COc1ccc(NC(=O)NCc2cccnc2)cc1. The summed E-state index contributed by atoms with van der Waals surface area (Å²) in [6.07, 6.45) is 5.99. The smallest absolute Gasteiger partial charge is 0.319 e. The van der Waals surface area contributed by atoms with Crippen LogP contribution in [0.25, 0.3) is 11.1 Å². The third-order valence-corrected chi connectivity index (χ3v) is 7.07. The van der Waals surface area contributed by atoms with Gasteiger partial charge in [-0.1, -0.05) is 54.6 Å². The van der Waals surface area contributed by atoms with Gasteiger partial charge in [0.25, 0.3) is 0 Å². The molecule has 194 valence electrons. The minimum absolute atomic E-state index is 0.265. The van der Waals surface area contributed by atoms with Crippen LogP contribution in [0.2, 0.25) is 0 Å². The monoisotopic (exact) mass is 506 g/mol. The standard InChI is InChI=1S/C32H34N4O2/c1-24-8-7-19-36(24)22-26-10-2-4-12-30(26)31-13-5-3-11-27(31)23-38-29-16-14-28(15-17-29)35-32(37)34-21-25-9-6-18-33-20-25/h2-6,9-18,20,24H,7-8,19,21-23H2,1H3,(H2,34,35,37). The average molecular weight is 507 g/mol. The highest BCUT2D eigenvalue weighted by atomic mass is 16.5. The molecule has 1 atom stereocenters. The van der Waals surface area contributed by atoms with Gasteiger partial charge in [0.1, 0.15) is 12.4 Å². The lowest BCUT2D eigenvalue weighted by Gasteiger charge is -2.23. The number of benzene rings is 3. The zero-order chi connectivity index (χ0) is 26.2. The second-order valence-electron chi connectivity index (χ2n) is 9.76. The number of urea groups is 1. The normalized spacial score (nSPS) is 15.2. The molecule has 1 unspecified atom stereocenters. The Bertz CT molecular complexity index is 1340. The number of likely N-dealkylation sites (tertiary alicyclic amines) is 1. The van der Waals surface area contributed by atoms with E-state index >= 15 is 0 Å². The van der Waals surface area contributed by atoms with Crippen molar-refractivity contribution in [3.63, 3.8) is 0 Å². The van der Waals surface area contributed by atoms with Crippen LogP contribution in [-0.2, 0) is 19.7 Å². The van der Waals surface area contributed by atoms with Gasteiger partial charge in [-0.15, -0.1) is 0 Å². The van der Waals surface area contributed by atoms with Crippen molar-refractivity contribution in [1.82, 2.24) is 15.2 Å². The molecule has 6 heteroatoms. The Labute approximate surface area is 224 Å². The van der Waals surface area contributed by atoms with Crippen molar-refractivity contribution in [3.05, 3.63) is 114 Å². The lowest BCUT2D eigenvalue weighted by atomic mass is 9.95. The van der Waals surface area contributed by atoms with Crippen molar-refractivity contribution in [1.29, 1.82) is 0 Å². The Morgan fingerprint density at radius 2 is 1.68 bits per heavy atom. The van der Waals surface area contributed by atoms with E-state index in [0.717, 1.165) is 30.0 Å². The first-order chi connectivity index (χ1) is 18.7. The third kappa shape index (κ3) is 6.58. The van der Waals surface area contributed by atoms with Crippen molar-refractivity contribution < 1.29 is 9.53 Å². The number of carbonyl (C=O) groups is 1. The van der Waals surface area contributed by atoms with Crippen molar-refractivity contribution in [2.75, 3.05) is 11.9 Å². The Hall–Kier alpha value is -4.16. The van der Waals surface area contributed by atoms with E-state index in [2.05, 4.69) is 76.0 Å². The van der Waals surface area contributed by atoms with Crippen LogP contribution < -0.4 is 15.4 Å². The molecule has 2 heterocycles. The Balaban J connectivity index is 1.20. The number of aromatic nitrogens is 1. The zero-order valence-corrected chi connectivity index (χ0v) is 21.8. The topological polar surface area (TPSA) is 66.5 Å². The maximum atomic E-state index is 12.2. The van der Waals surface area contributed by atoms with Crippen molar-refractivity contribution in [3.8, 4) is 16.9 Å². The minimum atomic E-state index is -0.265. The number of carbonyl (C=O) groups excluding carboxylic acids is 1. The lowest BCUT2D eigenvalue weighted by Crippen LogP contribution is -2.28. The highest BCUT2D eigenvalue weighted by molar-refractivity contribution is 5.89. The number of amides is 2. The molecule has 0 saturated carbocycles. The van der Waals surface area contributed by atoms with Crippen LogP contribution in [0.3, 0.4) is 0 Å². The Morgan fingerprint density at radius 3 is 2.39 bits per heavy atom. The van der Waals surface area contributed by atoms with E-state index in [0.29, 0.717) is 24.9 Å². The number of anilines is 1. The summed E-state index contributed by atoms with van der Waals surface area (Å²) in [5, 5.41) is 5.69. The molecule has 0 bridgehead atoms. The number of nitrogens with zero attached hydrogens (tertiary/aromatic N) is 2. The van der Waals surface area contributed by atoms with Gasteiger partial charge < -0.3 is 15.4 Å². The lowest BCUT2D eigenvalue weighted by molar-refractivity contribution is 0.251. The van der Waals surface area contributed by atoms with E-state index in [1.54, 1.807) is 12.4 Å². The van der Waals surface area contributed by atoms with Gasteiger partial charge in [-0.2, -0.15) is 0 Å². The molecule has 2 amide bonds. The first-order valence-corrected chi connectivity index (χ1v) is 13.2. The fourth-order valence-corrected chi connectivity index (χ4v) is 4.93. The fraction of sp³-hybridized carbons (Fsp3) is 0.250. The molecule has 1 saturated heterocycles. The molecule has 2 N–H and O–H groups in total. The maximum Gasteiger partial charge on any atom is 0.319 e. The fourth-order valence-electron chi connectivity index (χ4n) is 4.93. The van der Waals surface area contributed by atoms with Crippen molar-refractivity contribution in [2.24, 2.45) is 0 Å². The van der Waals surface area contributed by atoms with Crippen molar-refractivity contribution in [2.45, 2.75) is 45.5 Å². The second-order valence-corrected chi connectivity index (χ2v) is 9.76. The van der Waals surface area contributed by atoms with Crippen molar-refractivity contribution >= 4 is 11.7 Å². The van der Waals surface area contributed by atoms with E-state index in [1.165, 1.54) is 29.5 Å². The van der Waals surface area contributed by atoms with E-state index in [9.17, 15) is 4.79 Å². The third-order valence-electron chi connectivity index (χ3n) is 7.07. The van der Waals surface area contributed by atoms with Crippen LogP contribution >= 0.6 is 0 Å². The van der Waals surface area contributed by atoms with E-state index in [-0.39, 0.29) is 6.03 Å². The van der Waals surface area contributed by atoms with E-state index < -0.39 is 0 Å². The number of ether oxygens (including phenoxy) is 1. The molecule has 1 aliphatic rings. The number of hydrogen-bond donors (Lipinski definition) is 2. The van der Waals surface area contributed by atoms with E-state index in [1.807, 2.05) is 36.4 Å². The molecule has 4 aromatic rings. The predicted molar refractivity (Wildman–Crippen MR) is 152 cm³/mol. The van der Waals surface area contributed by atoms with Gasteiger partial charge in [-0.25, -0.2) is 4.79 Å². The summed E-state index contributed by atoms with van der Waals surface area (Å²) >= 11 is 0. The van der Waals surface area contributed by atoms with Gasteiger partial charge in [0.15, 0.2) is 0 Å². The largest absolute Gasteiger partial charge is 0.489 e. The van der Waals surface area contributed by atoms with Crippen LogP contribution in [0.1, 0.15) is 36.5 Å². The van der Waals surface area contributed by atoms with Gasteiger partial charge in [0, 0.05) is 37.2 Å². The van der Waals surface area contributed by atoms with Crippen LogP contribution in [0.15, 0.2) is 97.3 Å². The summed E-state index contributed by atoms with van der Waals surface area (Å²) in [5.41, 5.74) is 6.62. The molecular formula is C32H34N4O2. The summed E-state index contributed by atoms with van der Waals surface area (Å²) < 4.78 is 6.16. The predicted octanol–water partition coefficient (Wildman–Crippen LogP) is 6.63. The highest BCUT2D eigenvalue weighted by Gasteiger charge is 2.21. The number of hydrogen-bond acceptors (Lipinski definition) is 4. The molecule has 0 aliphatic carbocycles. The van der Waals surface area contributed by atoms with Gasteiger partial charge in [0.05, 0.1) is 0 Å². The summed E-state index contributed by atoms with van der Waals surface area (Å²) in [4.78, 5) is 18.9. The van der Waals surface area contributed by atoms with E-state index in [4.69, 9.17) is 4.74 Å². The average Bonchev–Trinajstić information content (AvgIpc) is 3.36. The van der Waals surface area contributed by atoms with Crippen LogP contribution in [0.4, 0.5) is 10.5 Å². The summed E-state index contributed by atoms with van der Waals surface area (Å²) in [5.74, 6) is 0.750. The molecule has 6 nitrogen and oxygen atoms in total. The second kappa shape index (κ2) is 12.4. The summed E-state index contributed by atoms with van der Waals surface area (Å²) in [6, 6.07) is 28.8. The molecule has 3 aromatic carbocycles. The van der Waals surface area contributed by atoms with Gasteiger partial charge >= 0.3 is 6.03 Å². The van der Waals surface area contributed by atoms with Gasteiger partial charge in [-0.05, 0) is 84.5 Å². The molecule has 38 heavy (non-hydrogen) atoms. The number of rotatable bonds is 9. The maximum absolute atomic E-state index is 12.2. The van der Waals surface area contributed by atoms with Crippen LogP contribution in [0, 0.1) is 0 Å². The number of pyridine rings is 1. The quantitative estimate of drug-likeness (QED) is 0.267. The molecule has 1 aromatic heterocycles. The van der Waals surface area contributed by atoms with Gasteiger partial charge in [-0.3, -0.25) is 9.88 Å². The van der Waals surface area contributed by atoms with Crippen LogP contribution in [0.5, 0.6) is 5.75 Å².